The van der Waals surface area contributed by atoms with Crippen LogP contribution in [0.25, 0.3) is 22.6 Å². The summed E-state index contributed by atoms with van der Waals surface area (Å²) < 4.78 is 44.3. The fourth-order valence-electron chi connectivity index (χ4n) is 1.67. The van der Waals surface area contributed by atoms with E-state index in [9.17, 15) is 13.2 Å². The highest BCUT2D eigenvalue weighted by molar-refractivity contribution is 5.76. The second kappa shape index (κ2) is 3.87. The standard InChI is InChI=1S/C13H6F3NO/c14-8-3-1-2-7(4-8)13-17-11-5-9(15)10(16)6-12(11)18-13/h1-6H. The van der Waals surface area contributed by atoms with E-state index in [1.54, 1.807) is 6.07 Å². The van der Waals surface area contributed by atoms with E-state index in [1.807, 2.05) is 0 Å². The molecule has 0 fully saturated rings. The molecule has 90 valence electrons. The molecule has 0 bridgehead atoms. The molecule has 0 N–H and O–H groups in total. The van der Waals surface area contributed by atoms with Crippen LogP contribution >= 0.6 is 0 Å². The van der Waals surface area contributed by atoms with Crippen LogP contribution in [0.2, 0.25) is 0 Å². The number of benzene rings is 2. The molecule has 3 aromatic rings. The molecule has 2 aromatic carbocycles. The third kappa shape index (κ3) is 1.73. The molecule has 0 amide bonds. The van der Waals surface area contributed by atoms with Gasteiger partial charge in [0.15, 0.2) is 17.2 Å². The van der Waals surface area contributed by atoms with E-state index in [0.29, 0.717) is 5.56 Å². The van der Waals surface area contributed by atoms with Gasteiger partial charge in [0, 0.05) is 17.7 Å². The van der Waals surface area contributed by atoms with Crippen molar-refractivity contribution in [1.29, 1.82) is 0 Å². The molecule has 0 atom stereocenters. The quantitative estimate of drug-likeness (QED) is 0.653. The SMILES string of the molecule is Fc1cccc(-c2nc3cc(F)c(F)cc3o2)c1. The first-order valence-electron chi connectivity index (χ1n) is 5.15. The van der Waals surface area contributed by atoms with Crippen LogP contribution < -0.4 is 0 Å². The molecule has 0 unspecified atom stereocenters. The summed E-state index contributed by atoms with van der Waals surface area (Å²) in [7, 11) is 0. The summed E-state index contributed by atoms with van der Waals surface area (Å²) in [5.41, 5.74) is 0.716. The second-order valence-corrected chi connectivity index (χ2v) is 3.76. The van der Waals surface area contributed by atoms with Gasteiger partial charge in [0.2, 0.25) is 5.89 Å². The number of fused-ring (bicyclic) bond motifs is 1. The lowest BCUT2D eigenvalue weighted by molar-refractivity contribution is 0.507. The highest BCUT2D eigenvalue weighted by Gasteiger charge is 2.12. The van der Waals surface area contributed by atoms with E-state index >= 15 is 0 Å². The van der Waals surface area contributed by atoms with E-state index in [4.69, 9.17) is 4.42 Å². The van der Waals surface area contributed by atoms with Crippen LogP contribution in [-0.2, 0) is 0 Å². The van der Waals surface area contributed by atoms with Crippen molar-refractivity contribution in [2.24, 2.45) is 0 Å². The lowest BCUT2D eigenvalue weighted by Crippen LogP contribution is -1.82. The van der Waals surface area contributed by atoms with E-state index in [1.165, 1.54) is 18.2 Å². The lowest BCUT2D eigenvalue weighted by atomic mass is 10.2. The molecule has 1 heterocycles. The van der Waals surface area contributed by atoms with Crippen LogP contribution in [0.5, 0.6) is 0 Å². The van der Waals surface area contributed by atoms with Gasteiger partial charge in [-0.3, -0.25) is 0 Å². The Morgan fingerprint density at radius 2 is 1.72 bits per heavy atom. The first-order chi connectivity index (χ1) is 8.63. The molecule has 0 radical (unpaired) electrons. The van der Waals surface area contributed by atoms with E-state index in [0.717, 1.165) is 12.1 Å². The maximum Gasteiger partial charge on any atom is 0.227 e. The molecule has 5 heteroatoms. The van der Waals surface area contributed by atoms with E-state index in [-0.39, 0.29) is 17.0 Å². The highest BCUT2D eigenvalue weighted by Crippen LogP contribution is 2.26. The van der Waals surface area contributed by atoms with Gasteiger partial charge in [-0.05, 0) is 18.2 Å². The minimum Gasteiger partial charge on any atom is -0.436 e. The van der Waals surface area contributed by atoms with Crippen LogP contribution in [0, 0.1) is 17.5 Å². The minimum atomic E-state index is -1.01. The maximum absolute atomic E-state index is 13.0. The van der Waals surface area contributed by atoms with Crippen molar-refractivity contribution < 1.29 is 17.6 Å². The lowest BCUT2D eigenvalue weighted by Gasteiger charge is -1.93. The summed E-state index contributed by atoms with van der Waals surface area (Å²) in [6.45, 7) is 0. The Balaban J connectivity index is 2.19. The van der Waals surface area contributed by atoms with Crippen molar-refractivity contribution >= 4 is 11.1 Å². The van der Waals surface area contributed by atoms with Crippen LogP contribution in [0.3, 0.4) is 0 Å². The molecule has 0 aliphatic carbocycles. The van der Waals surface area contributed by atoms with Crippen molar-refractivity contribution in [3.8, 4) is 11.5 Å². The fraction of sp³-hybridized carbons (Fsp3) is 0. The van der Waals surface area contributed by atoms with Crippen molar-refractivity contribution in [2.75, 3.05) is 0 Å². The zero-order chi connectivity index (χ0) is 12.7. The molecular weight excluding hydrogens is 243 g/mol. The number of nitrogens with zero attached hydrogens (tertiary/aromatic N) is 1. The van der Waals surface area contributed by atoms with Crippen molar-refractivity contribution in [3.05, 3.63) is 53.8 Å². The van der Waals surface area contributed by atoms with Crippen molar-refractivity contribution in [2.45, 2.75) is 0 Å². The highest BCUT2D eigenvalue weighted by atomic mass is 19.2. The van der Waals surface area contributed by atoms with E-state index < -0.39 is 17.5 Å². The van der Waals surface area contributed by atoms with Gasteiger partial charge in [0.05, 0.1) is 0 Å². The molecule has 0 aliphatic rings. The number of oxazole rings is 1. The predicted octanol–water partition coefficient (Wildman–Crippen LogP) is 3.91. The Hall–Kier alpha value is -2.30. The minimum absolute atomic E-state index is 0.119. The topological polar surface area (TPSA) is 26.0 Å². The van der Waals surface area contributed by atoms with Gasteiger partial charge < -0.3 is 4.42 Å². The Morgan fingerprint density at radius 3 is 2.50 bits per heavy atom. The van der Waals surface area contributed by atoms with Gasteiger partial charge in [-0.25, -0.2) is 18.2 Å². The molecule has 18 heavy (non-hydrogen) atoms. The molecule has 0 saturated carbocycles. The van der Waals surface area contributed by atoms with Gasteiger partial charge in [0.1, 0.15) is 11.3 Å². The number of rotatable bonds is 1. The monoisotopic (exact) mass is 249 g/mol. The molecular formula is C13H6F3NO. The second-order valence-electron chi connectivity index (χ2n) is 3.76. The van der Waals surface area contributed by atoms with Crippen LogP contribution in [0.1, 0.15) is 0 Å². The van der Waals surface area contributed by atoms with Gasteiger partial charge in [0.25, 0.3) is 0 Å². The summed E-state index contributed by atoms with van der Waals surface area (Å²) in [4.78, 5) is 3.99. The Labute approximate surface area is 99.7 Å². The predicted molar refractivity (Wildman–Crippen MR) is 59.3 cm³/mol. The largest absolute Gasteiger partial charge is 0.436 e. The Kier molecular flexibility index (Phi) is 2.33. The molecule has 3 rings (SSSR count). The van der Waals surface area contributed by atoms with Crippen molar-refractivity contribution in [1.82, 2.24) is 4.98 Å². The summed E-state index contributed by atoms with van der Waals surface area (Å²) in [5, 5.41) is 0. The van der Waals surface area contributed by atoms with E-state index in [2.05, 4.69) is 4.98 Å². The molecule has 1 aromatic heterocycles. The first kappa shape index (κ1) is 10.8. The van der Waals surface area contributed by atoms with Gasteiger partial charge in [-0.2, -0.15) is 0 Å². The zero-order valence-corrected chi connectivity index (χ0v) is 8.95. The molecule has 0 aliphatic heterocycles. The smallest absolute Gasteiger partial charge is 0.227 e. The average Bonchev–Trinajstić information content (AvgIpc) is 2.73. The Morgan fingerprint density at radius 1 is 0.944 bits per heavy atom. The summed E-state index contributed by atoms with van der Waals surface area (Å²) in [6, 6.07) is 7.47. The maximum atomic E-state index is 13.0. The number of halogens is 3. The van der Waals surface area contributed by atoms with Gasteiger partial charge >= 0.3 is 0 Å². The Bertz CT molecular complexity index is 697. The van der Waals surface area contributed by atoms with Crippen LogP contribution in [-0.4, -0.2) is 4.98 Å². The zero-order valence-electron chi connectivity index (χ0n) is 8.95. The third-order valence-corrected chi connectivity index (χ3v) is 2.50. The summed E-state index contributed by atoms with van der Waals surface area (Å²) >= 11 is 0. The van der Waals surface area contributed by atoms with Crippen LogP contribution in [0.15, 0.2) is 40.8 Å². The van der Waals surface area contributed by atoms with Gasteiger partial charge in [-0.1, -0.05) is 6.07 Å². The average molecular weight is 249 g/mol. The molecule has 0 spiro atoms. The van der Waals surface area contributed by atoms with Crippen molar-refractivity contribution in [3.63, 3.8) is 0 Å². The number of hydrogen-bond donors (Lipinski definition) is 0. The normalized spacial score (nSPS) is 11.1. The first-order valence-corrected chi connectivity index (χ1v) is 5.15. The fourth-order valence-corrected chi connectivity index (χ4v) is 1.67. The van der Waals surface area contributed by atoms with Gasteiger partial charge in [-0.15, -0.1) is 0 Å². The molecule has 2 nitrogen and oxygen atoms in total. The molecule has 0 saturated heterocycles. The number of aromatic nitrogens is 1. The third-order valence-electron chi connectivity index (χ3n) is 2.50. The number of hydrogen-bond acceptors (Lipinski definition) is 2. The summed E-state index contributed by atoms with van der Waals surface area (Å²) in [6.07, 6.45) is 0. The van der Waals surface area contributed by atoms with Crippen LogP contribution in [0.4, 0.5) is 13.2 Å². The summed E-state index contributed by atoms with van der Waals surface area (Å²) in [5.74, 6) is -2.33.